The molecule has 0 saturated heterocycles. The summed E-state index contributed by atoms with van der Waals surface area (Å²) in [7, 11) is 1.62. The number of hydrogen-bond donors (Lipinski definition) is 1. The summed E-state index contributed by atoms with van der Waals surface area (Å²) in [6, 6.07) is 15.4. The van der Waals surface area contributed by atoms with Gasteiger partial charge >= 0.3 is 0 Å². The minimum atomic E-state index is -0.504. The average Bonchev–Trinajstić information content (AvgIpc) is 2.74. The first-order chi connectivity index (χ1) is 14.8. The molecule has 0 aromatic heterocycles. The number of ether oxygens (including phenoxy) is 1. The monoisotopic (exact) mass is 442 g/mol. The fraction of sp³-hybridized carbons (Fsp3) is 0.440. The van der Waals surface area contributed by atoms with Gasteiger partial charge in [0.1, 0.15) is 11.8 Å². The van der Waals surface area contributed by atoms with Crippen LogP contribution in [0.25, 0.3) is 0 Å². The molecule has 1 N–H and O–H groups in total. The molecule has 0 aliphatic rings. The molecule has 0 fully saturated rings. The Labute approximate surface area is 190 Å². The molecule has 2 rings (SSSR count). The van der Waals surface area contributed by atoms with Crippen LogP contribution in [0.15, 0.2) is 48.5 Å². The number of thioether (sulfide) groups is 1. The molecule has 1 atom stereocenters. The van der Waals surface area contributed by atoms with Gasteiger partial charge < -0.3 is 15.0 Å². The molecule has 6 heteroatoms. The second-order valence-electron chi connectivity index (χ2n) is 7.88. The SMILES string of the molecule is CC[C@H](C(=O)NC(C)C)N(Cc1ccc(OC)cc1)C(=O)CSCc1ccccc1C. The number of benzene rings is 2. The van der Waals surface area contributed by atoms with Crippen LogP contribution in [-0.2, 0) is 21.9 Å². The fourth-order valence-electron chi connectivity index (χ4n) is 3.33. The first-order valence-electron chi connectivity index (χ1n) is 10.7. The third kappa shape index (κ3) is 7.62. The Kier molecular flexibility index (Phi) is 9.92. The van der Waals surface area contributed by atoms with E-state index in [1.54, 1.807) is 23.8 Å². The summed E-state index contributed by atoms with van der Waals surface area (Å²) in [5.41, 5.74) is 3.42. The van der Waals surface area contributed by atoms with Crippen LogP contribution < -0.4 is 10.1 Å². The molecule has 2 amide bonds. The van der Waals surface area contributed by atoms with E-state index in [1.165, 1.54) is 11.1 Å². The molecule has 0 heterocycles. The van der Waals surface area contributed by atoms with Crippen molar-refractivity contribution in [1.29, 1.82) is 0 Å². The maximum absolute atomic E-state index is 13.2. The third-order valence-corrected chi connectivity index (χ3v) is 6.04. The molecule has 0 unspecified atom stereocenters. The summed E-state index contributed by atoms with van der Waals surface area (Å²) in [5.74, 6) is 1.73. The van der Waals surface area contributed by atoms with E-state index in [2.05, 4.69) is 24.4 Å². The second kappa shape index (κ2) is 12.4. The van der Waals surface area contributed by atoms with E-state index in [-0.39, 0.29) is 17.9 Å². The largest absolute Gasteiger partial charge is 0.497 e. The lowest BCUT2D eigenvalue weighted by Crippen LogP contribution is -2.50. The topological polar surface area (TPSA) is 58.6 Å². The number of hydrogen-bond acceptors (Lipinski definition) is 4. The van der Waals surface area contributed by atoms with Crippen molar-refractivity contribution in [3.05, 3.63) is 65.2 Å². The van der Waals surface area contributed by atoms with E-state index >= 15 is 0 Å². The van der Waals surface area contributed by atoms with Crippen LogP contribution in [0.2, 0.25) is 0 Å². The predicted molar refractivity (Wildman–Crippen MR) is 128 cm³/mol. The smallest absolute Gasteiger partial charge is 0.243 e. The summed E-state index contributed by atoms with van der Waals surface area (Å²) in [5, 5.41) is 2.96. The van der Waals surface area contributed by atoms with E-state index in [4.69, 9.17) is 4.74 Å². The molecule has 0 spiro atoms. The Morgan fingerprint density at radius 2 is 1.77 bits per heavy atom. The Bertz CT molecular complexity index is 852. The Balaban J connectivity index is 2.14. The van der Waals surface area contributed by atoms with Crippen molar-refractivity contribution in [3.8, 4) is 5.75 Å². The molecule has 5 nitrogen and oxygen atoms in total. The highest BCUT2D eigenvalue weighted by atomic mass is 32.2. The van der Waals surface area contributed by atoms with Gasteiger partial charge in [0.15, 0.2) is 0 Å². The molecule has 0 aliphatic carbocycles. The molecule has 0 bridgehead atoms. The van der Waals surface area contributed by atoms with Crippen molar-refractivity contribution in [3.63, 3.8) is 0 Å². The van der Waals surface area contributed by atoms with Crippen LogP contribution in [0.1, 0.15) is 43.9 Å². The Hall–Kier alpha value is -2.47. The normalized spacial score (nSPS) is 11.8. The van der Waals surface area contributed by atoms with Crippen LogP contribution in [0, 0.1) is 6.92 Å². The van der Waals surface area contributed by atoms with Crippen molar-refractivity contribution >= 4 is 23.6 Å². The van der Waals surface area contributed by atoms with Gasteiger partial charge in [0.05, 0.1) is 12.9 Å². The number of aryl methyl sites for hydroxylation is 1. The van der Waals surface area contributed by atoms with Crippen molar-refractivity contribution in [1.82, 2.24) is 10.2 Å². The second-order valence-corrected chi connectivity index (χ2v) is 8.86. The number of amides is 2. The third-order valence-electron chi connectivity index (χ3n) is 5.07. The maximum atomic E-state index is 13.2. The van der Waals surface area contributed by atoms with E-state index in [9.17, 15) is 9.59 Å². The van der Waals surface area contributed by atoms with E-state index in [0.717, 1.165) is 17.1 Å². The van der Waals surface area contributed by atoms with Gasteiger partial charge in [0.25, 0.3) is 0 Å². The summed E-state index contributed by atoms with van der Waals surface area (Å²) in [6.07, 6.45) is 0.558. The van der Waals surface area contributed by atoms with Crippen LogP contribution in [0.4, 0.5) is 0 Å². The van der Waals surface area contributed by atoms with E-state index in [0.29, 0.717) is 18.7 Å². The van der Waals surface area contributed by atoms with Crippen molar-refractivity contribution in [2.75, 3.05) is 12.9 Å². The first kappa shape index (κ1) is 24.8. The minimum Gasteiger partial charge on any atom is -0.497 e. The van der Waals surface area contributed by atoms with Crippen molar-refractivity contribution in [2.24, 2.45) is 0 Å². The van der Waals surface area contributed by atoms with Gasteiger partial charge in [-0.25, -0.2) is 0 Å². The average molecular weight is 443 g/mol. The summed E-state index contributed by atoms with van der Waals surface area (Å²) in [4.78, 5) is 27.8. The lowest BCUT2D eigenvalue weighted by Gasteiger charge is -2.31. The van der Waals surface area contributed by atoms with E-state index < -0.39 is 6.04 Å². The van der Waals surface area contributed by atoms with Gasteiger partial charge in [0, 0.05) is 18.3 Å². The number of nitrogens with one attached hydrogen (secondary N) is 1. The van der Waals surface area contributed by atoms with Gasteiger partial charge in [-0.2, -0.15) is 0 Å². The Morgan fingerprint density at radius 1 is 1.10 bits per heavy atom. The van der Waals surface area contributed by atoms with Crippen LogP contribution in [0.3, 0.4) is 0 Å². The highest BCUT2D eigenvalue weighted by Crippen LogP contribution is 2.20. The molecule has 168 valence electrons. The molecule has 31 heavy (non-hydrogen) atoms. The number of nitrogens with zero attached hydrogens (tertiary/aromatic N) is 1. The number of methoxy groups -OCH3 is 1. The van der Waals surface area contributed by atoms with Gasteiger partial charge in [-0.3, -0.25) is 9.59 Å². The zero-order valence-corrected chi connectivity index (χ0v) is 20.0. The van der Waals surface area contributed by atoms with Crippen LogP contribution in [-0.4, -0.2) is 41.7 Å². The van der Waals surface area contributed by atoms with Crippen molar-refractivity contribution < 1.29 is 14.3 Å². The lowest BCUT2D eigenvalue weighted by molar-refractivity contribution is -0.139. The van der Waals surface area contributed by atoms with Gasteiger partial charge in [-0.15, -0.1) is 11.8 Å². The number of carbonyl (C=O) groups excluding carboxylic acids is 2. The number of carbonyl (C=O) groups is 2. The van der Waals surface area contributed by atoms with Crippen molar-refractivity contribution in [2.45, 2.75) is 58.5 Å². The minimum absolute atomic E-state index is 0.0231. The Morgan fingerprint density at radius 3 is 2.35 bits per heavy atom. The zero-order chi connectivity index (χ0) is 22.8. The molecule has 0 saturated carbocycles. The highest BCUT2D eigenvalue weighted by molar-refractivity contribution is 7.99. The first-order valence-corrected chi connectivity index (χ1v) is 11.9. The zero-order valence-electron chi connectivity index (χ0n) is 19.2. The molecule has 0 radical (unpaired) electrons. The molecule has 2 aromatic rings. The van der Waals surface area contributed by atoms with Gasteiger partial charge in [-0.05, 0) is 56.0 Å². The molecule has 0 aliphatic heterocycles. The van der Waals surface area contributed by atoms with Crippen LogP contribution in [0.5, 0.6) is 5.75 Å². The maximum Gasteiger partial charge on any atom is 0.243 e. The molecule has 2 aromatic carbocycles. The fourth-order valence-corrected chi connectivity index (χ4v) is 4.32. The summed E-state index contributed by atoms with van der Waals surface area (Å²) in [6.45, 7) is 8.27. The standard InChI is InChI=1S/C25H34N2O3S/c1-6-23(25(29)26-18(2)3)27(15-20-11-13-22(30-5)14-12-20)24(28)17-31-16-21-10-8-7-9-19(21)4/h7-14,18,23H,6,15-17H2,1-5H3,(H,26,29)/t23-/m1/s1. The van der Waals surface area contributed by atoms with Gasteiger partial charge in [0.2, 0.25) is 11.8 Å². The predicted octanol–water partition coefficient (Wildman–Crippen LogP) is 4.57. The van der Waals surface area contributed by atoms with Crippen LogP contribution >= 0.6 is 11.8 Å². The lowest BCUT2D eigenvalue weighted by atomic mass is 10.1. The quantitative estimate of drug-likeness (QED) is 0.554. The molecular formula is C25H34N2O3S. The summed E-state index contributed by atoms with van der Waals surface area (Å²) >= 11 is 1.58. The number of rotatable bonds is 11. The molecular weight excluding hydrogens is 408 g/mol. The van der Waals surface area contributed by atoms with E-state index in [1.807, 2.05) is 57.2 Å². The van der Waals surface area contributed by atoms with Gasteiger partial charge in [-0.1, -0.05) is 43.3 Å². The highest BCUT2D eigenvalue weighted by Gasteiger charge is 2.28. The summed E-state index contributed by atoms with van der Waals surface area (Å²) < 4.78 is 5.23.